The Morgan fingerprint density at radius 1 is 1.00 bits per heavy atom. The molecule has 7 nitrogen and oxygen atoms in total. The molecule has 0 saturated carbocycles. The average Bonchev–Trinajstić information content (AvgIpc) is 3.16. The maximum absolute atomic E-state index is 13.2. The number of alkyl halides is 3. The third-order valence-corrected chi connectivity index (χ3v) is 4.27. The first-order valence-corrected chi connectivity index (χ1v) is 8.58. The summed E-state index contributed by atoms with van der Waals surface area (Å²) in [7, 11) is 0. The number of benzene rings is 2. The van der Waals surface area contributed by atoms with Crippen LogP contribution in [0.2, 0.25) is 0 Å². The molecule has 4 N–H and O–H groups in total. The van der Waals surface area contributed by atoms with Crippen molar-refractivity contribution in [3.8, 4) is 11.5 Å². The number of fused-ring (bicyclic) bond motifs is 1. The smallest absolute Gasteiger partial charge is 0.418 e. The Morgan fingerprint density at radius 3 is 2.59 bits per heavy atom. The van der Waals surface area contributed by atoms with E-state index >= 15 is 0 Å². The van der Waals surface area contributed by atoms with Crippen LogP contribution in [0.1, 0.15) is 11.1 Å². The lowest BCUT2D eigenvalue weighted by Gasteiger charge is -2.16. The molecule has 29 heavy (non-hydrogen) atoms. The molecular weight excluding hydrogens is 387 g/mol. The number of nitrogens with one attached hydrogen (secondary N) is 2. The first-order valence-electron chi connectivity index (χ1n) is 8.58. The van der Waals surface area contributed by atoms with Crippen LogP contribution in [0.25, 0.3) is 0 Å². The Balaban J connectivity index is 1.52. The first kappa shape index (κ1) is 18.7. The number of nitrogen functional groups attached to an aromatic ring is 1. The fraction of sp³-hybridized carbons (Fsp3) is 0.158. The van der Waals surface area contributed by atoms with Crippen LogP contribution in [-0.2, 0) is 12.7 Å². The quantitative estimate of drug-likeness (QED) is 0.589. The highest BCUT2D eigenvalue weighted by Crippen LogP contribution is 2.37. The molecule has 0 saturated heterocycles. The number of para-hydroxylation sites is 1. The Kier molecular flexibility index (Phi) is 4.75. The highest BCUT2D eigenvalue weighted by atomic mass is 19.4. The van der Waals surface area contributed by atoms with Crippen molar-refractivity contribution in [2.24, 2.45) is 0 Å². The molecule has 1 aliphatic rings. The molecule has 0 aliphatic carbocycles. The van der Waals surface area contributed by atoms with Crippen LogP contribution in [0.15, 0.2) is 48.8 Å². The molecule has 10 heteroatoms. The van der Waals surface area contributed by atoms with Crippen molar-refractivity contribution < 1.29 is 22.6 Å². The van der Waals surface area contributed by atoms with Gasteiger partial charge in [0.2, 0.25) is 6.79 Å². The SMILES string of the molecule is Nc1c(NCc2ccc3c(c2)OCO3)ncnc1Nc1ccccc1C(F)(F)F. The zero-order valence-electron chi connectivity index (χ0n) is 15.0. The van der Waals surface area contributed by atoms with Crippen molar-refractivity contribution in [3.63, 3.8) is 0 Å². The van der Waals surface area contributed by atoms with Gasteiger partial charge in [-0.15, -0.1) is 0 Å². The summed E-state index contributed by atoms with van der Waals surface area (Å²) in [5.74, 6) is 1.69. The number of rotatable bonds is 5. The normalized spacial score (nSPS) is 12.7. The van der Waals surface area contributed by atoms with Crippen LogP contribution in [0.4, 0.5) is 36.2 Å². The molecule has 3 aromatic rings. The van der Waals surface area contributed by atoms with Crippen molar-refractivity contribution in [3.05, 3.63) is 59.9 Å². The lowest BCUT2D eigenvalue weighted by Crippen LogP contribution is -2.11. The molecule has 4 rings (SSSR count). The molecule has 1 aromatic heterocycles. The summed E-state index contributed by atoms with van der Waals surface area (Å²) in [6.45, 7) is 0.552. The lowest BCUT2D eigenvalue weighted by molar-refractivity contribution is -0.136. The topological polar surface area (TPSA) is 94.3 Å². The number of hydrogen-bond acceptors (Lipinski definition) is 7. The van der Waals surface area contributed by atoms with Gasteiger partial charge in [0.05, 0.1) is 11.3 Å². The molecule has 0 fully saturated rings. The predicted octanol–water partition coefficient (Wildman–Crippen LogP) is 4.16. The lowest BCUT2D eigenvalue weighted by atomic mass is 10.1. The third-order valence-electron chi connectivity index (χ3n) is 4.27. The predicted molar refractivity (Wildman–Crippen MR) is 101 cm³/mol. The minimum Gasteiger partial charge on any atom is -0.454 e. The zero-order valence-corrected chi connectivity index (χ0v) is 15.0. The van der Waals surface area contributed by atoms with Crippen LogP contribution >= 0.6 is 0 Å². The maximum Gasteiger partial charge on any atom is 0.418 e. The van der Waals surface area contributed by atoms with Crippen LogP contribution in [0, 0.1) is 0 Å². The Bertz CT molecular complexity index is 1040. The van der Waals surface area contributed by atoms with E-state index in [9.17, 15) is 13.2 Å². The molecule has 1 aliphatic heterocycles. The molecule has 0 unspecified atom stereocenters. The zero-order chi connectivity index (χ0) is 20.4. The van der Waals surface area contributed by atoms with E-state index in [0.29, 0.717) is 23.9 Å². The molecular formula is C19H16F3N5O2. The summed E-state index contributed by atoms with van der Waals surface area (Å²) in [6, 6.07) is 10.6. The number of nitrogens with two attached hydrogens (primary N) is 1. The summed E-state index contributed by atoms with van der Waals surface area (Å²) in [6.07, 6.45) is -3.29. The van der Waals surface area contributed by atoms with Gasteiger partial charge in [0.25, 0.3) is 0 Å². The van der Waals surface area contributed by atoms with Gasteiger partial charge in [-0.1, -0.05) is 18.2 Å². The highest BCUT2D eigenvalue weighted by molar-refractivity contribution is 5.78. The van der Waals surface area contributed by atoms with E-state index < -0.39 is 11.7 Å². The van der Waals surface area contributed by atoms with E-state index in [0.717, 1.165) is 11.6 Å². The number of hydrogen-bond donors (Lipinski definition) is 3. The molecule has 2 heterocycles. The summed E-state index contributed by atoms with van der Waals surface area (Å²) in [5.41, 5.74) is 6.11. The summed E-state index contributed by atoms with van der Waals surface area (Å²) in [4.78, 5) is 8.04. The summed E-state index contributed by atoms with van der Waals surface area (Å²) in [5, 5.41) is 5.70. The van der Waals surface area contributed by atoms with Crippen LogP contribution in [0.3, 0.4) is 0 Å². The third kappa shape index (κ3) is 3.96. The fourth-order valence-electron chi connectivity index (χ4n) is 2.84. The molecule has 0 radical (unpaired) electrons. The van der Waals surface area contributed by atoms with Gasteiger partial charge < -0.3 is 25.8 Å². The molecule has 0 amide bonds. The van der Waals surface area contributed by atoms with E-state index in [1.54, 1.807) is 6.07 Å². The summed E-state index contributed by atoms with van der Waals surface area (Å²) >= 11 is 0. The Labute approximate surface area is 163 Å². The van der Waals surface area contributed by atoms with Gasteiger partial charge in [0, 0.05) is 6.54 Å². The van der Waals surface area contributed by atoms with Crippen molar-refractivity contribution in [2.45, 2.75) is 12.7 Å². The second kappa shape index (κ2) is 7.38. The van der Waals surface area contributed by atoms with Crippen molar-refractivity contribution in [1.82, 2.24) is 9.97 Å². The number of ether oxygens (including phenoxy) is 2. The van der Waals surface area contributed by atoms with E-state index in [4.69, 9.17) is 15.2 Å². The monoisotopic (exact) mass is 403 g/mol. The highest BCUT2D eigenvalue weighted by Gasteiger charge is 2.33. The number of anilines is 4. The van der Waals surface area contributed by atoms with E-state index in [2.05, 4.69) is 20.6 Å². The van der Waals surface area contributed by atoms with Gasteiger partial charge in [-0.25, -0.2) is 9.97 Å². The van der Waals surface area contributed by atoms with Crippen LogP contribution in [-0.4, -0.2) is 16.8 Å². The van der Waals surface area contributed by atoms with Crippen LogP contribution < -0.4 is 25.8 Å². The van der Waals surface area contributed by atoms with Gasteiger partial charge in [0.1, 0.15) is 12.0 Å². The minimum absolute atomic E-state index is 0.0740. The van der Waals surface area contributed by atoms with Gasteiger partial charge in [-0.3, -0.25) is 0 Å². The standard InChI is InChI=1S/C19H16F3N5O2/c20-19(21,22)12-3-1-2-4-13(12)27-18-16(23)17(25-9-26-18)24-8-11-5-6-14-15(7-11)29-10-28-14/h1-7,9H,8,10,23H2,(H2,24,25,26,27). The minimum atomic E-state index is -4.51. The van der Waals surface area contributed by atoms with Crippen LogP contribution in [0.5, 0.6) is 11.5 Å². The average molecular weight is 403 g/mol. The van der Waals surface area contributed by atoms with E-state index in [1.807, 2.05) is 12.1 Å². The van der Waals surface area contributed by atoms with Gasteiger partial charge in [-0.2, -0.15) is 13.2 Å². The fourth-order valence-corrected chi connectivity index (χ4v) is 2.84. The molecule has 0 spiro atoms. The first-order chi connectivity index (χ1) is 13.9. The summed E-state index contributed by atoms with van der Waals surface area (Å²) < 4.78 is 50.2. The van der Waals surface area contributed by atoms with E-state index in [1.165, 1.54) is 24.5 Å². The van der Waals surface area contributed by atoms with E-state index in [-0.39, 0.29) is 24.0 Å². The molecule has 150 valence electrons. The largest absolute Gasteiger partial charge is 0.454 e. The maximum atomic E-state index is 13.2. The second-order valence-corrected chi connectivity index (χ2v) is 6.19. The Morgan fingerprint density at radius 2 is 1.76 bits per heavy atom. The van der Waals surface area contributed by atoms with Gasteiger partial charge in [0.15, 0.2) is 23.1 Å². The number of nitrogens with zero attached hydrogens (tertiary/aromatic N) is 2. The number of halogens is 3. The van der Waals surface area contributed by atoms with Crippen molar-refractivity contribution in [2.75, 3.05) is 23.2 Å². The Hall–Kier alpha value is -3.69. The number of aromatic nitrogens is 2. The molecule has 2 aromatic carbocycles. The van der Waals surface area contributed by atoms with Crippen molar-refractivity contribution >= 4 is 23.0 Å². The molecule has 0 atom stereocenters. The van der Waals surface area contributed by atoms with Gasteiger partial charge >= 0.3 is 6.18 Å². The second-order valence-electron chi connectivity index (χ2n) is 6.19. The molecule has 0 bridgehead atoms. The van der Waals surface area contributed by atoms with Crippen molar-refractivity contribution in [1.29, 1.82) is 0 Å². The van der Waals surface area contributed by atoms with Gasteiger partial charge in [-0.05, 0) is 29.8 Å².